The van der Waals surface area contributed by atoms with Gasteiger partial charge in [-0.15, -0.1) is 0 Å². The molecule has 6 heteroatoms. The minimum atomic E-state index is -3.61. The molecule has 0 amide bonds. The Bertz CT molecular complexity index is 580. The highest BCUT2D eigenvalue weighted by molar-refractivity contribution is 7.89. The zero-order chi connectivity index (χ0) is 14.8. The number of benzene rings is 1. The molecule has 0 fully saturated rings. The molecule has 1 aromatic rings. The molecular formula is C13H20N2O2S2. The first kappa shape index (κ1) is 16.1. The largest absolute Gasteiger partial charge is 0.392 e. The molecule has 0 heterocycles. The Hall–Kier alpha value is -0.980. The lowest BCUT2D eigenvalue weighted by molar-refractivity contribution is 0.526. The van der Waals surface area contributed by atoms with E-state index in [4.69, 9.17) is 18.0 Å². The van der Waals surface area contributed by atoms with Crippen LogP contribution in [0, 0.1) is 19.8 Å². The second kappa shape index (κ2) is 5.98. The van der Waals surface area contributed by atoms with Gasteiger partial charge in [-0.2, -0.15) is 0 Å². The fraction of sp³-hybridized carbons (Fsp3) is 0.462. The summed E-state index contributed by atoms with van der Waals surface area (Å²) in [5.41, 5.74) is 7.56. The van der Waals surface area contributed by atoms with Crippen molar-refractivity contribution in [2.75, 3.05) is 0 Å². The summed E-state index contributed by atoms with van der Waals surface area (Å²) in [7, 11) is -3.61. The van der Waals surface area contributed by atoms with E-state index in [1.807, 2.05) is 27.7 Å². The van der Waals surface area contributed by atoms with E-state index in [0.29, 0.717) is 0 Å². The number of sulfonamides is 1. The number of aryl methyl sites for hydroxylation is 2. The average Bonchev–Trinajstić information content (AvgIpc) is 2.28. The van der Waals surface area contributed by atoms with E-state index in [1.165, 1.54) is 0 Å². The van der Waals surface area contributed by atoms with Crippen LogP contribution in [0.5, 0.6) is 0 Å². The van der Waals surface area contributed by atoms with E-state index in [0.717, 1.165) is 11.1 Å². The predicted molar refractivity (Wildman–Crippen MR) is 81.6 cm³/mol. The van der Waals surface area contributed by atoms with Crippen molar-refractivity contribution < 1.29 is 8.42 Å². The van der Waals surface area contributed by atoms with Gasteiger partial charge < -0.3 is 5.73 Å². The number of thiocarbonyl (C=S) groups is 1. The SMILES string of the molecule is Cc1ccc(S(=O)(=O)NC(C(N)=S)C(C)C)cc1C. The van der Waals surface area contributed by atoms with Gasteiger partial charge in [-0.05, 0) is 43.0 Å². The number of hydrogen-bond acceptors (Lipinski definition) is 3. The predicted octanol–water partition coefficient (Wildman–Crippen LogP) is 1.89. The molecule has 106 valence electrons. The maximum absolute atomic E-state index is 12.3. The number of hydrogen-bond donors (Lipinski definition) is 2. The molecule has 4 nitrogen and oxygen atoms in total. The third-order valence-electron chi connectivity index (χ3n) is 3.04. The Morgan fingerprint density at radius 1 is 1.26 bits per heavy atom. The molecule has 1 rings (SSSR count). The number of nitrogens with two attached hydrogens (primary N) is 1. The van der Waals surface area contributed by atoms with Crippen molar-refractivity contribution in [1.82, 2.24) is 4.72 Å². The van der Waals surface area contributed by atoms with Crippen LogP contribution >= 0.6 is 12.2 Å². The van der Waals surface area contributed by atoms with Crippen molar-refractivity contribution in [2.45, 2.75) is 38.6 Å². The van der Waals surface area contributed by atoms with Crippen LogP contribution in [0.1, 0.15) is 25.0 Å². The van der Waals surface area contributed by atoms with E-state index in [9.17, 15) is 8.42 Å². The van der Waals surface area contributed by atoms with Gasteiger partial charge in [-0.1, -0.05) is 32.1 Å². The summed E-state index contributed by atoms with van der Waals surface area (Å²) in [5.74, 6) is -0.00109. The van der Waals surface area contributed by atoms with Gasteiger partial charge >= 0.3 is 0 Å². The van der Waals surface area contributed by atoms with Crippen molar-refractivity contribution in [3.8, 4) is 0 Å². The van der Waals surface area contributed by atoms with Gasteiger partial charge in [0.05, 0.1) is 15.9 Å². The van der Waals surface area contributed by atoms with Gasteiger partial charge in [0.2, 0.25) is 10.0 Å². The van der Waals surface area contributed by atoms with E-state index < -0.39 is 16.1 Å². The summed E-state index contributed by atoms with van der Waals surface area (Å²) in [5, 5.41) is 0. The molecule has 1 aromatic carbocycles. The second-order valence-electron chi connectivity index (χ2n) is 4.99. The topological polar surface area (TPSA) is 72.2 Å². The molecule has 19 heavy (non-hydrogen) atoms. The van der Waals surface area contributed by atoms with E-state index in [1.54, 1.807) is 18.2 Å². The van der Waals surface area contributed by atoms with Gasteiger partial charge in [0.1, 0.15) is 0 Å². The molecule has 0 aliphatic rings. The zero-order valence-electron chi connectivity index (χ0n) is 11.6. The van der Waals surface area contributed by atoms with Crippen LogP contribution in [0.3, 0.4) is 0 Å². The fourth-order valence-electron chi connectivity index (χ4n) is 1.64. The quantitative estimate of drug-likeness (QED) is 0.815. The molecule has 0 aliphatic carbocycles. The van der Waals surface area contributed by atoms with Gasteiger partial charge in [0.15, 0.2) is 0 Å². The Morgan fingerprint density at radius 3 is 2.26 bits per heavy atom. The van der Waals surface area contributed by atoms with E-state index in [2.05, 4.69) is 4.72 Å². The smallest absolute Gasteiger partial charge is 0.241 e. The van der Waals surface area contributed by atoms with Crippen molar-refractivity contribution >= 4 is 27.2 Å². The molecular weight excluding hydrogens is 280 g/mol. The highest BCUT2D eigenvalue weighted by Crippen LogP contribution is 2.16. The van der Waals surface area contributed by atoms with Crippen molar-refractivity contribution in [2.24, 2.45) is 11.7 Å². The second-order valence-corrected chi connectivity index (χ2v) is 7.18. The molecule has 0 saturated carbocycles. The molecule has 0 bridgehead atoms. The first-order chi connectivity index (χ1) is 8.65. The van der Waals surface area contributed by atoms with Crippen LogP contribution in [0.2, 0.25) is 0 Å². The lowest BCUT2D eigenvalue weighted by Gasteiger charge is -2.21. The minimum absolute atomic E-state index is 0.00109. The van der Waals surface area contributed by atoms with Crippen molar-refractivity contribution in [1.29, 1.82) is 0 Å². The highest BCUT2D eigenvalue weighted by Gasteiger charge is 2.24. The summed E-state index contributed by atoms with van der Waals surface area (Å²) in [6.45, 7) is 7.55. The highest BCUT2D eigenvalue weighted by atomic mass is 32.2. The summed E-state index contributed by atoms with van der Waals surface area (Å²) >= 11 is 4.91. The summed E-state index contributed by atoms with van der Waals surface area (Å²) < 4.78 is 27.1. The minimum Gasteiger partial charge on any atom is -0.392 e. The Morgan fingerprint density at radius 2 is 1.84 bits per heavy atom. The summed E-state index contributed by atoms with van der Waals surface area (Å²) in [4.78, 5) is 0.389. The van der Waals surface area contributed by atoms with Gasteiger partial charge in [-0.3, -0.25) is 0 Å². The average molecular weight is 300 g/mol. The van der Waals surface area contributed by atoms with Crippen LogP contribution in [0.15, 0.2) is 23.1 Å². The molecule has 0 saturated heterocycles. The van der Waals surface area contributed by atoms with E-state index >= 15 is 0 Å². The van der Waals surface area contributed by atoms with Crippen LogP contribution < -0.4 is 10.5 Å². The normalized spacial score (nSPS) is 13.5. The lowest BCUT2D eigenvalue weighted by Crippen LogP contribution is -2.46. The van der Waals surface area contributed by atoms with E-state index in [-0.39, 0.29) is 15.8 Å². The van der Waals surface area contributed by atoms with Gasteiger partial charge in [0.25, 0.3) is 0 Å². The first-order valence-electron chi connectivity index (χ1n) is 6.04. The molecule has 0 radical (unpaired) electrons. The molecule has 1 unspecified atom stereocenters. The fourth-order valence-corrected chi connectivity index (χ4v) is 3.49. The van der Waals surface area contributed by atoms with Crippen LogP contribution in [-0.2, 0) is 10.0 Å². The first-order valence-corrected chi connectivity index (χ1v) is 7.93. The Kier molecular flexibility index (Phi) is 5.06. The number of rotatable bonds is 5. The van der Waals surface area contributed by atoms with Gasteiger partial charge in [-0.25, -0.2) is 13.1 Å². The maximum Gasteiger partial charge on any atom is 0.241 e. The Balaban J connectivity index is 3.10. The number of nitrogens with one attached hydrogen (secondary N) is 1. The summed E-state index contributed by atoms with van der Waals surface area (Å²) in [6.07, 6.45) is 0. The lowest BCUT2D eigenvalue weighted by atomic mass is 10.1. The van der Waals surface area contributed by atoms with Crippen molar-refractivity contribution in [3.05, 3.63) is 29.3 Å². The third-order valence-corrected chi connectivity index (χ3v) is 4.74. The molecule has 1 atom stereocenters. The molecule has 0 spiro atoms. The molecule has 3 N–H and O–H groups in total. The van der Waals surface area contributed by atoms with Crippen LogP contribution in [0.4, 0.5) is 0 Å². The molecule has 0 aromatic heterocycles. The summed E-state index contributed by atoms with van der Waals surface area (Å²) in [6, 6.07) is 4.48. The van der Waals surface area contributed by atoms with Crippen LogP contribution in [0.25, 0.3) is 0 Å². The monoisotopic (exact) mass is 300 g/mol. The standard InChI is InChI=1S/C13H20N2O2S2/c1-8(2)12(13(14)18)15-19(16,17)11-6-5-9(3)10(4)7-11/h5-8,12,15H,1-4H3,(H2,14,18). The van der Waals surface area contributed by atoms with Crippen LogP contribution in [-0.4, -0.2) is 19.4 Å². The maximum atomic E-state index is 12.3. The van der Waals surface area contributed by atoms with Crippen molar-refractivity contribution in [3.63, 3.8) is 0 Å². The zero-order valence-corrected chi connectivity index (χ0v) is 13.2. The van der Waals surface area contributed by atoms with Gasteiger partial charge in [0, 0.05) is 0 Å². The molecule has 0 aliphatic heterocycles. The Labute approximate surface area is 120 Å². The third kappa shape index (κ3) is 3.99.